The number of halogens is 1. The average Bonchev–Trinajstić information content (AvgIpc) is 2.63. The van der Waals surface area contributed by atoms with Crippen LogP contribution in [0.1, 0.15) is 27.6 Å². The summed E-state index contributed by atoms with van der Waals surface area (Å²) >= 11 is 5.28. The van der Waals surface area contributed by atoms with E-state index in [-0.39, 0.29) is 6.04 Å². The molecule has 0 aliphatic carbocycles. The predicted octanol–water partition coefficient (Wildman–Crippen LogP) is 4.37. The highest BCUT2D eigenvalue weighted by Crippen LogP contribution is 2.31. The van der Waals surface area contributed by atoms with Crippen LogP contribution in [0.2, 0.25) is 0 Å². The van der Waals surface area contributed by atoms with Crippen molar-refractivity contribution in [3.05, 3.63) is 55.7 Å². The van der Waals surface area contributed by atoms with Crippen LogP contribution in [-0.4, -0.2) is 0 Å². The Hall–Kier alpha value is -0.640. The summed E-state index contributed by atoms with van der Waals surface area (Å²) in [6.07, 6.45) is 0.896. The maximum Gasteiger partial charge on any atom is 0.0731 e. The number of nitrogens with two attached hydrogens (primary N) is 1. The lowest BCUT2D eigenvalue weighted by molar-refractivity contribution is 0.736. The summed E-state index contributed by atoms with van der Waals surface area (Å²) in [5, 5.41) is 0. The minimum Gasteiger partial charge on any atom is -0.323 e. The Morgan fingerprint density at radius 1 is 1.24 bits per heavy atom. The van der Waals surface area contributed by atoms with E-state index >= 15 is 0 Å². The van der Waals surface area contributed by atoms with E-state index in [0.29, 0.717) is 0 Å². The molecule has 0 saturated heterocycles. The molecule has 2 N–H and O–H groups in total. The molecule has 1 aromatic heterocycles. The SMILES string of the molecule is Cc1ccc(CC(N)c2cc(C)c(Br)s2)cc1. The van der Waals surface area contributed by atoms with Crippen LogP contribution in [0.5, 0.6) is 0 Å². The molecule has 2 aromatic rings. The summed E-state index contributed by atoms with van der Waals surface area (Å²) in [7, 11) is 0. The minimum absolute atomic E-state index is 0.0905. The largest absolute Gasteiger partial charge is 0.323 e. The van der Waals surface area contributed by atoms with E-state index in [2.05, 4.69) is 60.1 Å². The van der Waals surface area contributed by atoms with Gasteiger partial charge in [0.1, 0.15) is 0 Å². The van der Waals surface area contributed by atoms with Crippen LogP contribution in [0.3, 0.4) is 0 Å². The average molecular weight is 310 g/mol. The third-order valence-electron chi connectivity index (χ3n) is 2.82. The van der Waals surface area contributed by atoms with Crippen molar-refractivity contribution in [3.8, 4) is 0 Å². The van der Waals surface area contributed by atoms with Crippen molar-refractivity contribution in [3.63, 3.8) is 0 Å². The molecule has 3 heteroatoms. The normalized spacial score (nSPS) is 12.7. The van der Waals surface area contributed by atoms with E-state index in [0.717, 1.165) is 6.42 Å². The van der Waals surface area contributed by atoms with Crippen molar-refractivity contribution in [1.82, 2.24) is 0 Å². The Morgan fingerprint density at radius 2 is 1.88 bits per heavy atom. The van der Waals surface area contributed by atoms with Crippen molar-refractivity contribution in [2.75, 3.05) is 0 Å². The van der Waals surface area contributed by atoms with Gasteiger partial charge in [0.2, 0.25) is 0 Å². The number of benzene rings is 1. The van der Waals surface area contributed by atoms with Gasteiger partial charge in [0, 0.05) is 10.9 Å². The molecule has 17 heavy (non-hydrogen) atoms. The molecule has 0 fully saturated rings. The molecule has 1 atom stereocenters. The zero-order chi connectivity index (χ0) is 12.4. The zero-order valence-electron chi connectivity index (χ0n) is 10.0. The molecule has 0 amide bonds. The van der Waals surface area contributed by atoms with Crippen molar-refractivity contribution in [2.24, 2.45) is 5.73 Å². The van der Waals surface area contributed by atoms with Gasteiger partial charge in [-0.15, -0.1) is 11.3 Å². The van der Waals surface area contributed by atoms with E-state index < -0.39 is 0 Å². The topological polar surface area (TPSA) is 26.0 Å². The van der Waals surface area contributed by atoms with Gasteiger partial charge in [0.05, 0.1) is 3.79 Å². The second-order valence-electron chi connectivity index (χ2n) is 4.40. The van der Waals surface area contributed by atoms with Crippen LogP contribution < -0.4 is 5.73 Å². The lowest BCUT2D eigenvalue weighted by Crippen LogP contribution is -2.11. The molecule has 1 heterocycles. The second kappa shape index (κ2) is 5.34. The van der Waals surface area contributed by atoms with Gasteiger partial charge >= 0.3 is 0 Å². The van der Waals surface area contributed by atoms with Gasteiger partial charge in [0.15, 0.2) is 0 Å². The first-order valence-corrected chi connectivity index (χ1v) is 7.24. The van der Waals surface area contributed by atoms with Gasteiger partial charge in [-0.05, 0) is 53.4 Å². The molecular formula is C14H16BrNS. The van der Waals surface area contributed by atoms with Crippen molar-refractivity contribution in [2.45, 2.75) is 26.3 Å². The monoisotopic (exact) mass is 309 g/mol. The third kappa shape index (κ3) is 3.18. The lowest BCUT2D eigenvalue weighted by Gasteiger charge is -2.09. The highest BCUT2D eigenvalue weighted by atomic mass is 79.9. The molecule has 2 rings (SSSR count). The Balaban J connectivity index is 2.11. The van der Waals surface area contributed by atoms with E-state index in [4.69, 9.17) is 5.73 Å². The quantitative estimate of drug-likeness (QED) is 0.895. The van der Waals surface area contributed by atoms with Crippen molar-refractivity contribution >= 4 is 27.3 Å². The summed E-state index contributed by atoms with van der Waals surface area (Å²) in [6, 6.07) is 10.9. The Bertz CT molecular complexity index is 482. The van der Waals surface area contributed by atoms with E-state index in [9.17, 15) is 0 Å². The zero-order valence-corrected chi connectivity index (χ0v) is 12.4. The second-order valence-corrected chi connectivity index (χ2v) is 6.80. The van der Waals surface area contributed by atoms with Gasteiger partial charge in [-0.25, -0.2) is 0 Å². The standard InChI is InChI=1S/C14H16BrNS/c1-9-3-5-11(6-4-9)8-12(16)13-7-10(2)14(15)17-13/h3-7,12H,8,16H2,1-2H3. The highest BCUT2D eigenvalue weighted by Gasteiger charge is 2.11. The van der Waals surface area contributed by atoms with Crippen molar-refractivity contribution in [1.29, 1.82) is 0 Å². The molecule has 1 aromatic carbocycles. The number of thiophene rings is 1. The van der Waals surface area contributed by atoms with Gasteiger partial charge in [-0.1, -0.05) is 29.8 Å². The van der Waals surface area contributed by atoms with Crippen molar-refractivity contribution < 1.29 is 0 Å². The summed E-state index contributed by atoms with van der Waals surface area (Å²) in [5.41, 5.74) is 10.1. The van der Waals surface area contributed by atoms with Gasteiger partial charge in [0.25, 0.3) is 0 Å². The Kier molecular flexibility index (Phi) is 4.02. The minimum atomic E-state index is 0.0905. The van der Waals surface area contributed by atoms with E-state index in [1.165, 1.54) is 25.4 Å². The van der Waals surface area contributed by atoms with Crippen LogP contribution in [0.4, 0.5) is 0 Å². The van der Waals surface area contributed by atoms with Crippen LogP contribution in [0.25, 0.3) is 0 Å². The third-order valence-corrected chi connectivity index (χ3v) is 5.09. The first-order valence-electron chi connectivity index (χ1n) is 5.63. The van der Waals surface area contributed by atoms with Gasteiger partial charge < -0.3 is 5.73 Å². The molecule has 90 valence electrons. The summed E-state index contributed by atoms with van der Waals surface area (Å²) in [5.74, 6) is 0. The van der Waals surface area contributed by atoms with E-state index in [1.54, 1.807) is 11.3 Å². The number of aryl methyl sites for hydroxylation is 2. The molecular weight excluding hydrogens is 294 g/mol. The van der Waals surface area contributed by atoms with Gasteiger partial charge in [-0.3, -0.25) is 0 Å². The molecule has 0 spiro atoms. The number of rotatable bonds is 3. The van der Waals surface area contributed by atoms with Crippen LogP contribution in [-0.2, 0) is 6.42 Å². The predicted molar refractivity (Wildman–Crippen MR) is 78.6 cm³/mol. The molecule has 0 aliphatic heterocycles. The van der Waals surface area contributed by atoms with Crippen LogP contribution in [0.15, 0.2) is 34.1 Å². The maximum atomic E-state index is 6.24. The first-order chi connectivity index (χ1) is 8.06. The van der Waals surface area contributed by atoms with Gasteiger partial charge in [-0.2, -0.15) is 0 Å². The summed E-state index contributed by atoms with van der Waals surface area (Å²) in [6.45, 7) is 4.20. The molecule has 0 aliphatic rings. The molecule has 1 unspecified atom stereocenters. The summed E-state index contributed by atoms with van der Waals surface area (Å²) < 4.78 is 1.19. The Morgan fingerprint density at radius 3 is 2.41 bits per heavy atom. The Labute approximate surface area is 115 Å². The molecule has 0 bridgehead atoms. The van der Waals surface area contributed by atoms with Crippen LogP contribution in [0, 0.1) is 13.8 Å². The fourth-order valence-corrected chi connectivity index (χ4v) is 3.32. The smallest absolute Gasteiger partial charge is 0.0731 e. The lowest BCUT2D eigenvalue weighted by atomic mass is 10.0. The molecule has 0 saturated carbocycles. The fraction of sp³-hybridized carbons (Fsp3) is 0.286. The highest BCUT2D eigenvalue weighted by molar-refractivity contribution is 9.11. The summed E-state index contributed by atoms with van der Waals surface area (Å²) in [4.78, 5) is 1.25. The first kappa shape index (κ1) is 12.8. The molecule has 0 radical (unpaired) electrons. The van der Waals surface area contributed by atoms with Crippen LogP contribution >= 0.6 is 27.3 Å². The molecule has 1 nitrogen and oxygen atoms in total. The van der Waals surface area contributed by atoms with E-state index in [1.807, 2.05) is 0 Å². The fourth-order valence-electron chi connectivity index (χ4n) is 1.74. The number of hydrogen-bond donors (Lipinski definition) is 1. The number of hydrogen-bond acceptors (Lipinski definition) is 2. The maximum absolute atomic E-state index is 6.24.